The largest absolute Gasteiger partial charge is 0.396 e. The number of aliphatic hydroxyl groups is 1. The van der Waals surface area contributed by atoms with Gasteiger partial charge in [0, 0.05) is 36.0 Å². The lowest BCUT2D eigenvalue weighted by molar-refractivity contribution is -0.106. The molecule has 7 heteroatoms. The minimum Gasteiger partial charge on any atom is -0.396 e. The Hall–Kier alpha value is -2.12. The van der Waals surface area contributed by atoms with E-state index in [1.165, 1.54) is 0 Å². The monoisotopic (exact) mass is 320 g/mol. The first-order chi connectivity index (χ1) is 10.7. The van der Waals surface area contributed by atoms with E-state index in [1.54, 1.807) is 24.3 Å². The highest BCUT2D eigenvalue weighted by Crippen LogP contribution is 2.22. The first-order valence-electron chi connectivity index (χ1n) is 6.73. The molecular weight excluding hydrogens is 300 g/mol. The fraction of sp³-hybridized carbons (Fsp3) is 0.267. The Balaban J connectivity index is 0.000000745. The van der Waals surface area contributed by atoms with E-state index in [4.69, 9.17) is 9.90 Å². The summed E-state index contributed by atoms with van der Waals surface area (Å²) < 4.78 is 3.23. The third-order valence-electron chi connectivity index (χ3n) is 2.56. The zero-order valence-electron chi connectivity index (χ0n) is 12.4. The number of hydrogen-bond acceptors (Lipinski definition) is 6. The van der Waals surface area contributed by atoms with E-state index in [0.717, 1.165) is 34.7 Å². The van der Waals surface area contributed by atoms with Crippen LogP contribution in [0.2, 0.25) is 0 Å². The van der Waals surface area contributed by atoms with Gasteiger partial charge < -0.3 is 15.6 Å². The van der Waals surface area contributed by atoms with Gasteiger partial charge in [0.05, 0.1) is 11.9 Å². The number of hydrogen-bond donors (Lipinski definition) is 3. The summed E-state index contributed by atoms with van der Waals surface area (Å²) >= 11 is 1.58. The van der Waals surface area contributed by atoms with Crippen molar-refractivity contribution in [3.63, 3.8) is 0 Å². The molecule has 22 heavy (non-hydrogen) atoms. The van der Waals surface area contributed by atoms with Crippen molar-refractivity contribution in [1.82, 2.24) is 9.97 Å². The van der Waals surface area contributed by atoms with Crippen LogP contribution in [0.25, 0.3) is 11.1 Å². The van der Waals surface area contributed by atoms with E-state index in [2.05, 4.69) is 26.5 Å². The highest BCUT2D eigenvalue weighted by atomic mass is 32.2. The number of carbonyl (C=O) groups excluding carboxylic acids is 1. The summed E-state index contributed by atoms with van der Waals surface area (Å²) in [6, 6.07) is 6.08. The van der Waals surface area contributed by atoms with Gasteiger partial charge in [-0.1, -0.05) is 11.9 Å². The predicted molar refractivity (Wildman–Crippen MR) is 90.2 cm³/mol. The van der Waals surface area contributed by atoms with Gasteiger partial charge in [-0.2, -0.15) is 0 Å². The molecule has 0 atom stereocenters. The van der Waals surface area contributed by atoms with Crippen molar-refractivity contribution in [3.05, 3.63) is 42.5 Å². The van der Waals surface area contributed by atoms with Gasteiger partial charge in [0.2, 0.25) is 6.41 Å². The molecule has 0 aromatic carbocycles. The van der Waals surface area contributed by atoms with Gasteiger partial charge in [-0.05, 0) is 37.1 Å². The number of aromatic nitrogens is 2. The van der Waals surface area contributed by atoms with Crippen molar-refractivity contribution in [2.24, 2.45) is 5.73 Å². The summed E-state index contributed by atoms with van der Waals surface area (Å²) in [6.45, 7) is 2.20. The summed E-state index contributed by atoms with van der Waals surface area (Å²) in [4.78, 5) is 17.0. The molecule has 0 aliphatic carbocycles. The van der Waals surface area contributed by atoms with Crippen LogP contribution >= 0.6 is 11.9 Å². The molecule has 0 unspecified atom stereocenters. The highest BCUT2D eigenvalue weighted by molar-refractivity contribution is 8.00. The minimum atomic E-state index is 0.225. The summed E-state index contributed by atoms with van der Waals surface area (Å²) in [7, 11) is 0. The molecule has 6 nitrogen and oxygen atoms in total. The van der Waals surface area contributed by atoms with Crippen LogP contribution in [0.15, 0.2) is 36.8 Å². The molecule has 0 saturated heterocycles. The molecule has 2 aromatic rings. The van der Waals surface area contributed by atoms with Crippen LogP contribution in [-0.4, -0.2) is 33.8 Å². The normalized spacial score (nSPS) is 9.55. The number of anilines is 1. The van der Waals surface area contributed by atoms with Gasteiger partial charge in [-0.25, -0.2) is 0 Å². The molecule has 2 heterocycles. The standard InChI is InChI=1S/C14H17N3OS.CH3NO/c1-11-7-12(3-4-16-11)13-8-14(10-15-9-13)17-19-6-2-5-18;2-1-3/h3-4,7-10,17-18H,2,5-6H2,1H3;1H,(H2,2,3). The number of aliphatic hydroxyl groups excluding tert-OH is 1. The molecule has 0 fully saturated rings. The molecule has 0 aliphatic rings. The van der Waals surface area contributed by atoms with Crippen molar-refractivity contribution >= 4 is 24.0 Å². The smallest absolute Gasteiger partial charge is 0.204 e. The number of pyridine rings is 2. The maximum absolute atomic E-state index is 8.72. The molecule has 4 N–H and O–H groups in total. The molecule has 0 aliphatic heterocycles. The maximum atomic E-state index is 8.72. The van der Waals surface area contributed by atoms with Gasteiger partial charge in [0.1, 0.15) is 0 Å². The summed E-state index contributed by atoms with van der Waals surface area (Å²) in [5.74, 6) is 0.870. The Morgan fingerprint density at radius 3 is 2.82 bits per heavy atom. The zero-order chi connectivity index (χ0) is 16.2. The average Bonchev–Trinajstić information content (AvgIpc) is 2.53. The van der Waals surface area contributed by atoms with E-state index in [9.17, 15) is 0 Å². The van der Waals surface area contributed by atoms with Crippen molar-refractivity contribution < 1.29 is 9.90 Å². The van der Waals surface area contributed by atoms with Crippen LogP contribution in [0, 0.1) is 6.92 Å². The van der Waals surface area contributed by atoms with Gasteiger partial charge in [-0.15, -0.1) is 0 Å². The number of primary amides is 1. The fourth-order valence-electron chi connectivity index (χ4n) is 1.65. The molecule has 0 saturated carbocycles. The van der Waals surface area contributed by atoms with Gasteiger partial charge in [0.15, 0.2) is 0 Å². The van der Waals surface area contributed by atoms with Crippen molar-refractivity contribution in [3.8, 4) is 11.1 Å². The topological polar surface area (TPSA) is 101 Å². The molecule has 0 bridgehead atoms. The minimum absolute atomic E-state index is 0.225. The molecule has 2 aromatic heterocycles. The van der Waals surface area contributed by atoms with Crippen molar-refractivity contribution in [2.75, 3.05) is 17.1 Å². The third kappa shape index (κ3) is 6.55. The van der Waals surface area contributed by atoms with E-state index in [-0.39, 0.29) is 13.0 Å². The lowest BCUT2D eigenvalue weighted by atomic mass is 10.1. The second-order valence-electron chi connectivity index (χ2n) is 4.31. The first-order valence-corrected chi connectivity index (χ1v) is 7.72. The highest BCUT2D eigenvalue weighted by Gasteiger charge is 2.01. The van der Waals surface area contributed by atoms with Crippen molar-refractivity contribution in [1.29, 1.82) is 0 Å². The van der Waals surface area contributed by atoms with Crippen molar-refractivity contribution in [2.45, 2.75) is 13.3 Å². The third-order valence-corrected chi connectivity index (χ3v) is 3.44. The Kier molecular flexibility index (Phi) is 8.63. The lowest BCUT2D eigenvalue weighted by Gasteiger charge is -2.07. The number of nitrogens with one attached hydrogen (secondary N) is 1. The van der Waals surface area contributed by atoms with Crippen LogP contribution < -0.4 is 10.5 Å². The zero-order valence-corrected chi connectivity index (χ0v) is 13.2. The molecule has 0 spiro atoms. The molecule has 0 radical (unpaired) electrons. The summed E-state index contributed by atoms with van der Waals surface area (Å²) in [5, 5.41) is 8.72. The SMILES string of the molecule is Cc1cc(-c2cncc(NSCCCO)c2)ccn1.NC=O. The number of aryl methyl sites for hydroxylation is 1. The van der Waals surface area contributed by atoms with E-state index in [0.29, 0.717) is 0 Å². The van der Waals surface area contributed by atoms with Gasteiger partial charge in [-0.3, -0.25) is 14.8 Å². The van der Waals surface area contributed by atoms with Crippen LogP contribution in [0.4, 0.5) is 5.69 Å². The Morgan fingerprint density at radius 2 is 2.14 bits per heavy atom. The number of nitrogens with two attached hydrogens (primary N) is 1. The molecule has 1 amide bonds. The average molecular weight is 320 g/mol. The second kappa shape index (κ2) is 10.6. The second-order valence-corrected chi connectivity index (χ2v) is 5.21. The predicted octanol–water partition coefficient (Wildman–Crippen LogP) is 2.00. The van der Waals surface area contributed by atoms with Crippen LogP contribution in [0.5, 0.6) is 0 Å². The van der Waals surface area contributed by atoms with Crippen LogP contribution in [-0.2, 0) is 4.79 Å². The maximum Gasteiger partial charge on any atom is 0.204 e. The molecule has 2 rings (SSSR count). The quantitative estimate of drug-likeness (QED) is 0.427. The fourth-order valence-corrected chi connectivity index (χ4v) is 2.30. The van der Waals surface area contributed by atoms with Gasteiger partial charge >= 0.3 is 0 Å². The Morgan fingerprint density at radius 1 is 1.36 bits per heavy atom. The van der Waals surface area contributed by atoms with E-state index < -0.39 is 0 Å². The Bertz CT molecular complexity index is 581. The summed E-state index contributed by atoms with van der Waals surface area (Å²) in [5.41, 5.74) is 8.31. The molecular formula is C15H20N4O2S. The van der Waals surface area contributed by atoms with Crippen LogP contribution in [0.1, 0.15) is 12.1 Å². The molecule has 118 valence electrons. The van der Waals surface area contributed by atoms with E-state index >= 15 is 0 Å². The number of nitrogens with zero attached hydrogens (tertiary/aromatic N) is 2. The lowest BCUT2D eigenvalue weighted by Crippen LogP contribution is -1.93. The Labute approximate surface area is 134 Å². The number of amides is 1. The van der Waals surface area contributed by atoms with E-state index in [1.807, 2.05) is 25.3 Å². The van der Waals surface area contributed by atoms with Gasteiger partial charge in [0.25, 0.3) is 0 Å². The summed E-state index contributed by atoms with van der Waals surface area (Å²) in [6.07, 6.45) is 6.48. The van der Waals surface area contributed by atoms with Crippen LogP contribution in [0.3, 0.4) is 0 Å². The number of carbonyl (C=O) groups is 1. The number of rotatable bonds is 6. The first kappa shape index (κ1) is 17.9.